The van der Waals surface area contributed by atoms with Gasteiger partial charge in [-0.3, -0.25) is 4.90 Å². The summed E-state index contributed by atoms with van der Waals surface area (Å²) in [5.41, 5.74) is 0. The molecule has 2 fully saturated rings. The largest absolute Gasteiger partial charge is 0.315 e. The first-order chi connectivity index (χ1) is 9.27. The van der Waals surface area contributed by atoms with Crippen LogP contribution in [0.15, 0.2) is 0 Å². The number of hydrogen-bond donors (Lipinski definition) is 1. The van der Waals surface area contributed by atoms with Crippen molar-refractivity contribution in [2.75, 3.05) is 46.8 Å². The molecule has 1 saturated heterocycles. The quantitative estimate of drug-likeness (QED) is 0.713. The summed E-state index contributed by atoms with van der Waals surface area (Å²) in [6, 6.07) is 0.922. The highest BCUT2D eigenvalue weighted by Crippen LogP contribution is 2.34. The molecule has 0 aromatic heterocycles. The lowest BCUT2D eigenvalue weighted by Crippen LogP contribution is -2.48. The van der Waals surface area contributed by atoms with Crippen molar-refractivity contribution in [2.45, 2.75) is 51.0 Å². The number of nitrogens with one attached hydrogen (secondary N) is 1. The smallest absolute Gasteiger partial charge is 0.0124 e. The Morgan fingerprint density at radius 3 is 2.68 bits per heavy atom. The Hall–Kier alpha value is -0.120. The SMILES string of the molecule is CN(C)CCCNCCN1CCCC2CCCCC21. The highest BCUT2D eigenvalue weighted by atomic mass is 15.2. The molecule has 19 heavy (non-hydrogen) atoms. The van der Waals surface area contributed by atoms with E-state index in [0.717, 1.165) is 12.0 Å². The first-order valence-corrected chi connectivity index (χ1v) is 8.37. The van der Waals surface area contributed by atoms with E-state index in [0.29, 0.717) is 0 Å². The molecule has 0 radical (unpaired) electrons. The van der Waals surface area contributed by atoms with Crippen molar-refractivity contribution in [3.63, 3.8) is 0 Å². The van der Waals surface area contributed by atoms with E-state index in [2.05, 4.69) is 29.2 Å². The Kier molecular flexibility index (Phi) is 6.62. The van der Waals surface area contributed by atoms with Crippen molar-refractivity contribution in [1.29, 1.82) is 0 Å². The van der Waals surface area contributed by atoms with Crippen LogP contribution < -0.4 is 5.32 Å². The molecule has 0 amide bonds. The molecular weight excluding hydrogens is 234 g/mol. The van der Waals surface area contributed by atoms with E-state index in [9.17, 15) is 0 Å². The summed E-state index contributed by atoms with van der Waals surface area (Å²) < 4.78 is 0. The molecule has 0 bridgehead atoms. The fraction of sp³-hybridized carbons (Fsp3) is 1.00. The number of nitrogens with zero attached hydrogens (tertiary/aromatic N) is 2. The van der Waals surface area contributed by atoms with Gasteiger partial charge in [-0.05, 0) is 71.8 Å². The van der Waals surface area contributed by atoms with Crippen molar-refractivity contribution in [2.24, 2.45) is 5.92 Å². The summed E-state index contributed by atoms with van der Waals surface area (Å²) in [5, 5.41) is 3.62. The van der Waals surface area contributed by atoms with Crippen LogP contribution in [0, 0.1) is 5.92 Å². The van der Waals surface area contributed by atoms with Gasteiger partial charge in [0.1, 0.15) is 0 Å². The molecule has 0 aromatic rings. The molecule has 2 atom stereocenters. The molecule has 0 spiro atoms. The number of piperidine rings is 1. The van der Waals surface area contributed by atoms with Gasteiger partial charge in [-0.25, -0.2) is 0 Å². The number of fused-ring (bicyclic) bond motifs is 1. The van der Waals surface area contributed by atoms with Crippen LogP contribution in [-0.2, 0) is 0 Å². The van der Waals surface area contributed by atoms with Crippen LogP contribution >= 0.6 is 0 Å². The third-order valence-corrected chi connectivity index (χ3v) is 4.89. The van der Waals surface area contributed by atoms with Crippen LogP contribution in [0.1, 0.15) is 44.9 Å². The zero-order valence-electron chi connectivity index (χ0n) is 13.0. The molecule has 112 valence electrons. The molecule has 3 nitrogen and oxygen atoms in total. The van der Waals surface area contributed by atoms with Gasteiger partial charge < -0.3 is 10.2 Å². The highest BCUT2D eigenvalue weighted by molar-refractivity contribution is 4.87. The van der Waals surface area contributed by atoms with E-state index < -0.39 is 0 Å². The van der Waals surface area contributed by atoms with Crippen LogP contribution in [0.2, 0.25) is 0 Å². The lowest BCUT2D eigenvalue weighted by Gasteiger charge is -2.44. The van der Waals surface area contributed by atoms with E-state index in [1.807, 2.05) is 0 Å². The average molecular weight is 267 g/mol. The summed E-state index contributed by atoms with van der Waals surface area (Å²) in [6.07, 6.45) is 10.1. The lowest BCUT2D eigenvalue weighted by atomic mass is 9.78. The Labute approximate surface area is 119 Å². The minimum absolute atomic E-state index is 0.922. The van der Waals surface area contributed by atoms with Gasteiger partial charge in [0.05, 0.1) is 0 Å². The van der Waals surface area contributed by atoms with E-state index in [4.69, 9.17) is 0 Å². The number of hydrogen-bond acceptors (Lipinski definition) is 3. The Bertz CT molecular complexity index is 240. The minimum Gasteiger partial charge on any atom is -0.315 e. The molecule has 1 saturated carbocycles. The Balaban J connectivity index is 1.59. The first-order valence-electron chi connectivity index (χ1n) is 8.37. The Morgan fingerprint density at radius 2 is 1.84 bits per heavy atom. The van der Waals surface area contributed by atoms with Crippen molar-refractivity contribution in [3.05, 3.63) is 0 Å². The van der Waals surface area contributed by atoms with Gasteiger partial charge in [-0.15, -0.1) is 0 Å². The van der Waals surface area contributed by atoms with Gasteiger partial charge in [0, 0.05) is 19.1 Å². The second kappa shape index (κ2) is 8.23. The second-order valence-electron chi connectivity index (χ2n) is 6.70. The summed E-state index contributed by atoms with van der Waals surface area (Å²) in [4.78, 5) is 5.05. The van der Waals surface area contributed by atoms with Crippen LogP contribution in [0.25, 0.3) is 0 Å². The monoisotopic (exact) mass is 267 g/mol. The molecule has 1 heterocycles. The maximum Gasteiger partial charge on any atom is 0.0124 e. The zero-order chi connectivity index (χ0) is 13.5. The van der Waals surface area contributed by atoms with E-state index in [-0.39, 0.29) is 0 Å². The lowest BCUT2D eigenvalue weighted by molar-refractivity contribution is 0.0619. The first kappa shape index (κ1) is 15.3. The fourth-order valence-electron chi connectivity index (χ4n) is 3.87. The van der Waals surface area contributed by atoms with Crippen molar-refractivity contribution < 1.29 is 0 Å². The van der Waals surface area contributed by atoms with E-state index in [1.165, 1.54) is 77.7 Å². The average Bonchev–Trinajstić information content (AvgIpc) is 2.42. The Morgan fingerprint density at radius 1 is 1.05 bits per heavy atom. The van der Waals surface area contributed by atoms with Gasteiger partial charge in [0.25, 0.3) is 0 Å². The predicted octanol–water partition coefficient (Wildman–Crippen LogP) is 2.18. The van der Waals surface area contributed by atoms with Gasteiger partial charge in [0.15, 0.2) is 0 Å². The van der Waals surface area contributed by atoms with E-state index in [1.54, 1.807) is 0 Å². The molecule has 1 aliphatic carbocycles. The summed E-state index contributed by atoms with van der Waals surface area (Å²) in [5.74, 6) is 1.02. The molecule has 3 heteroatoms. The van der Waals surface area contributed by atoms with Gasteiger partial charge in [-0.2, -0.15) is 0 Å². The summed E-state index contributed by atoms with van der Waals surface area (Å²) in [7, 11) is 4.30. The maximum absolute atomic E-state index is 3.62. The van der Waals surface area contributed by atoms with Gasteiger partial charge in [0.2, 0.25) is 0 Å². The van der Waals surface area contributed by atoms with Crippen molar-refractivity contribution >= 4 is 0 Å². The highest BCUT2D eigenvalue weighted by Gasteiger charge is 2.32. The third-order valence-electron chi connectivity index (χ3n) is 4.89. The maximum atomic E-state index is 3.62. The molecule has 1 aliphatic heterocycles. The van der Waals surface area contributed by atoms with E-state index >= 15 is 0 Å². The van der Waals surface area contributed by atoms with Crippen LogP contribution in [0.3, 0.4) is 0 Å². The van der Waals surface area contributed by atoms with Gasteiger partial charge >= 0.3 is 0 Å². The van der Waals surface area contributed by atoms with Crippen LogP contribution in [-0.4, -0.2) is 62.7 Å². The number of likely N-dealkylation sites (tertiary alicyclic amines) is 1. The van der Waals surface area contributed by atoms with Crippen molar-refractivity contribution in [1.82, 2.24) is 15.1 Å². The predicted molar refractivity (Wildman–Crippen MR) is 82.6 cm³/mol. The standard InChI is InChI=1S/C16H33N3/c1-18(2)12-6-10-17-11-14-19-13-5-8-15-7-3-4-9-16(15)19/h15-17H,3-14H2,1-2H3. The molecule has 1 N–H and O–H groups in total. The molecule has 0 aromatic carbocycles. The molecule has 2 unspecified atom stereocenters. The fourth-order valence-corrected chi connectivity index (χ4v) is 3.87. The van der Waals surface area contributed by atoms with Gasteiger partial charge in [-0.1, -0.05) is 12.8 Å². The minimum atomic E-state index is 0.922. The molecule has 2 aliphatic rings. The number of rotatable bonds is 7. The normalized spacial score (nSPS) is 28.6. The summed E-state index contributed by atoms with van der Waals surface area (Å²) in [6.45, 7) is 6.15. The molecule has 2 rings (SSSR count). The zero-order valence-corrected chi connectivity index (χ0v) is 13.0. The second-order valence-corrected chi connectivity index (χ2v) is 6.70. The third kappa shape index (κ3) is 5.05. The van der Waals surface area contributed by atoms with Crippen molar-refractivity contribution in [3.8, 4) is 0 Å². The summed E-state index contributed by atoms with van der Waals surface area (Å²) >= 11 is 0. The topological polar surface area (TPSA) is 18.5 Å². The van der Waals surface area contributed by atoms with Crippen LogP contribution in [0.5, 0.6) is 0 Å². The van der Waals surface area contributed by atoms with Crippen LogP contribution in [0.4, 0.5) is 0 Å². The molecular formula is C16H33N3.